The summed E-state index contributed by atoms with van der Waals surface area (Å²) in [7, 11) is -3.84. The molecule has 0 unspecified atom stereocenters. The molecule has 2 aromatic rings. The van der Waals surface area contributed by atoms with Gasteiger partial charge in [0.2, 0.25) is 15.9 Å². The van der Waals surface area contributed by atoms with E-state index >= 15 is 0 Å². The number of ether oxygens (including phenoxy) is 1. The van der Waals surface area contributed by atoms with Crippen LogP contribution in [0.2, 0.25) is 0 Å². The summed E-state index contributed by atoms with van der Waals surface area (Å²) in [5.41, 5.74) is 3.10. The summed E-state index contributed by atoms with van der Waals surface area (Å²) in [6.45, 7) is 6.19. The number of carbonyl (C=O) groups is 2. The molecule has 2 atom stereocenters. The number of rotatable bonds is 5. The Bertz CT molecular complexity index is 1190. The molecule has 33 heavy (non-hydrogen) atoms. The monoisotopic (exact) mass is 471 g/mol. The van der Waals surface area contributed by atoms with Crippen LogP contribution in [0.4, 0.5) is 5.69 Å². The minimum Gasteiger partial charge on any atom is -0.479 e. The molecule has 0 bridgehead atoms. The first-order valence-electron chi connectivity index (χ1n) is 11.1. The highest BCUT2D eigenvalue weighted by Gasteiger charge is 2.35. The van der Waals surface area contributed by atoms with Crippen molar-refractivity contribution in [2.24, 2.45) is 5.92 Å². The average molecular weight is 472 g/mol. The molecule has 2 N–H and O–H groups in total. The van der Waals surface area contributed by atoms with Crippen LogP contribution >= 0.6 is 0 Å². The van der Waals surface area contributed by atoms with E-state index in [1.165, 1.54) is 10.4 Å². The van der Waals surface area contributed by atoms with Crippen LogP contribution in [0.25, 0.3) is 0 Å². The summed E-state index contributed by atoms with van der Waals surface area (Å²) < 4.78 is 33.9. The zero-order valence-electron chi connectivity index (χ0n) is 19.1. The molecule has 9 heteroatoms. The lowest BCUT2D eigenvalue weighted by Gasteiger charge is -2.32. The number of anilines is 1. The van der Waals surface area contributed by atoms with E-state index in [1.54, 1.807) is 19.9 Å². The maximum Gasteiger partial charge on any atom is 0.265 e. The molecule has 2 aliphatic rings. The van der Waals surface area contributed by atoms with Crippen LogP contribution in [0.3, 0.4) is 0 Å². The number of piperidine rings is 1. The Kier molecular flexibility index (Phi) is 6.45. The van der Waals surface area contributed by atoms with Crippen molar-refractivity contribution in [3.05, 3.63) is 53.1 Å². The molecule has 2 heterocycles. The van der Waals surface area contributed by atoms with Gasteiger partial charge in [0.15, 0.2) is 6.10 Å². The first-order chi connectivity index (χ1) is 15.6. The van der Waals surface area contributed by atoms with E-state index in [9.17, 15) is 18.0 Å². The number of sulfonamides is 1. The van der Waals surface area contributed by atoms with Gasteiger partial charge < -0.3 is 15.4 Å². The third-order valence-corrected chi connectivity index (χ3v) is 8.14. The maximum atomic E-state index is 13.5. The van der Waals surface area contributed by atoms with E-state index in [2.05, 4.69) is 10.6 Å². The third kappa shape index (κ3) is 4.89. The van der Waals surface area contributed by atoms with Crippen molar-refractivity contribution in [2.75, 3.05) is 18.4 Å². The number of nitrogens with one attached hydrogen (secondary N) is 2. The summed E-state index contributed by atoms with van der Waals surface area (Å²) in [5, 5.41) is 5.68. The molecular formula is C24H29N3O5S. The number of hydrogen-bond donors (Lipinski definition) is 2. The van der Waals surface area contributed by atoms with Gasteiger partial charge in [-0.05, 0) is 50.8 Å². The highest BCUT2D eigenvalue weighted by molar-refractivity contribution is 7.89. The molecule has 2 amide bonds. The van der Waals surface area contributed by atoms with Gasteiger partial charge in [-0.15, -0.1) is 0 Å². The first-order valence-corrected chi connectivity index (χ1v) is 12.5. The Labute approximate surface area is 194 Å². The number of carbonyl (C=O) groups excluding carboxylic acids is 2. The fourth-order valence-corrected chi connectivity index (χ4v) is 6.04. The summed E-state index contributed by atoms with van der Waals surface area (Å²) in [5.74, 6) is -0.492. The molecule has 0 aliphatic carbocycles. The number of fused-ring (bicyclic) bond motifs is 1. The van der Waals surface area contributed by atoms with Gasteiger partial charge in [0.1, 0.15) is 5.75 Å². The summed E-state index contributed by atoms with van der Waals surface area (Å²) in [6.07, 6.45) is 0.545. The van der Waals surface area contributed by atoms with Gasteiger partial charge in [0.05, 0.1) is 16.5 Å². The third-order valence-electron chi connectivity index (χ3n) is 6.13. The van der Waals surface area contributed by atoms with Gasteiger partial charge in [0, 0.05) is 25.7 Å². The average Bonchev–Trinajstić information content (AvgIpc) is 2.78. The van der Waals surface area contributed by atoms with Crippen molar-refractivity contribution in [3.8, 4) is 5.75 Å². The van der Waals surface area contributed by atoms with E-state index in [4.69, 9.17) is 4.74 Å². The highest BCUT2D eigenvalue weighted by Crippen LogP contribution is 2.36. The second kappa shape index (κ2) is 9.15. The van der Waals surface area contributed by atoms with Crippen molar-refractivity contribution in [1.82, 2.24) is 9.62 Å². The van der Waals surface area contributed by atoms with Crippen LogP contribution in [0.1, 0.15) is 36.5 Å². The Morgan fingerprint density at radius 2 is 2.03 bits per heavy atom. The predicted octanol–water partition coefficient (Wildman–Crippen LogP) is 2.74. The standard InChI is InChI=1S/C24H29N3O5S/c1-15-6-4-7-18(10-15)13-25-24(29)19-8-5-9-27(14-19)33(30,31)22-12-21-20(11-16(22)2)26-23(28)17(3)32-21/h4,6-7,10-12,17,19H,5,8-9,13-14H2,1-3H3,(H,25,29)(H,26,28)/t17-,19+/m1/s1. The smallest absolute Gasteiger partial charge is 0.265 e. The Morgan fingerprint density at radius 1 is 1.24 bits per heavy atom. The van der Waals surface area contributed by atoms with Gasteiger partial charge in [-0.2, -0.15) is 4.31 Å². The van der Waals surface area contributed by atoms with E-state index in [-0.39, 0.29) is 23.3 Å². The molecule has 0 spiro atoms. The van der Waals surface area contributed by atoms with Crippen LogP contribution in [0, 0.1) is 19.8 Å². The molecule has 0 saturated carbocycles. The minimum atomic E-state index is -3.84. The molecule has 0 aromatic heterocycles. The topological polar surface area (TPSA) is 105 Å². The molecule has 0 radical (unpaired) electrons. The lowest BCUT2D eigenvalue weighted by Crippen LogP contribution is -2.45. The number of amides is 2. The van der Waals surface area contributed by atoms with E-state index < -0.39 is 22.0 Å². The fourth-order valence-electron chi connectivity index (χ4n) is 4.29. The molecule has 176 valence electrons. The van der Waals surface area contributed by atoms with Gasteiger partial charge in [-0.25, -0.2) is 8.42 Å². The second-order valence-corrected chi connectivity index (χ2v) is 10.7. The number of aryl methyl sites for hydroxylation is 2. The molecule has 8 nitrogen and oxygen atoms in total. The summed E-state index contributed by atoms with van der Waals surface area (Å²) in [4.78, 5) is 24.8. The molecule has 2 aliphatic heterocycles. The van der Waals surface area contributed by atoms with Crippen molar-refractivity contribution in [1.29, 1.82) is 0 Å². The van der Waals surface area contributed by atoms with Gasteiger partial charge in [-0.1, -0.05) is 29.8 Å². The SMILES string of the molecule is Cc1cccc(CNC(=O)[C@H]2CCCN(S(=O)(=O)c3cc4c(cc3C)NC(=O)[C@@H](C)O4)C2)c1. The molecule has 2 aromatic carbocycles. The van der Waals surface area contributed by atoms with Crippen molar-refractivity contribution in [2.45, 2.75) is 51.2 Å². The van der Waals surface area contributed by atoms with E-state index in [0.717, 1.165) is 11.1 Å². The van der Waals surface area contributed by atoms with Crippen molar-refractivity contribution >= 4 is 27.5 Å². The zero-order valence-corrected chi connectivity index (χ0v) is 19.9. The first kappa shape index (κ1) is 23.3. The maximum absolute atomic E-state index is 13.5. The van der Waals surface area contributed by atoms with Crippen LogP contribution in [0.15, 0.2) is 41.3 Å². The van der Waals surface area contributed by atoms with Gasteiger partial charge in [-0.3, -0.25) is 9.59 Å². The van der Waals surface area contributed by atoms with Crippen molar-refractivity contribution < 1.29 is 22.7 Å². The summed E-state index contributed by atoms with van der Waals surface area (Å²) >= 11 is 0. The fraction of sp³-hybridized carbons (Fsp3) is 0.417. The largest absolute Gasteiger partial charge is 0.479 e. The van der Waals surface area contributed by atoms with E-state index in [1.807, 2.05) is 31.2 Å². The van der Waals surface area contributed by atoms with Crippen LogP contribution in [-0.2, 0) is 26.2 Å². The second-order valence-electron chi connectivity index (χ2n) is 8.77. The number of hydrogen-bond acceptors (Lipinski definition) is 5. The van der Waals surface area contributed by atoms with E-state index in [0.29, 0.717) is 42.9 Å². The lowest BCUT2D eigenvalue weighted by atomic mass is 9.98. The van der Waals surface area contributed by atoms with Gasteiger partial charge >= 0.3 is 0 Å². The Morgan fingerprint density at radius 3 is 2.79 bits per heavy atom. The van der Waals surface area contributed by atoms with Crippen molar-refractivity contribution in [3.63, 3.8) is 0 Å². The predicted molar refractivity (Wildman–Crippen MR) is 124 cm³/mol. The minimum absolute atomic E-state index is 0.130. The quantitative estimate of drug-likeness (QED) is 0.698. The van der Waals surface area contributed by atoms with Crippen LogP contribution in [0.5, 0.6) is 5.75 Å². The normalized spacial score (nSPS) is 21.0. The summed E-state index contributed by atoms with van der Waals surface area (Å²) in [6, 6.07) is 11.0. The van der Waals surface area contributed by atoms with Crippen LogP contribution in [-0.4, -0.2) is 43.7 Å². The Hall–Kier alpha value is -2.91. The molecule has 1 fully saturated rings. The lowest BCUT2D eigenvalue weighted by molar-refractivity contribution is -0.126. The molecular weight excluding hydrogens is 442 g/mol. The number of nitrogens with zero attached hydrogens (tertiary/aromatic N) is 1. The zero-order chi connectivity index (χ0) is 23.8. The van der Waals surface area contributed by atoms with Crippen LogP contribution < -0.4 is 15.4 Å². The van der Waals surface area contributed by atoms with Gasteiger partial charge in [0.25, 0.3) is 5.91 Å². The highest BCUT2D eigenvalue weighted by atomic mass is 32.2. The Balaban J connectivity index is 1.49. The molecule has 4 rings (SSSR count). The number of benzene rings is 2. The molecule has 1 saturated heterocycles.